The summed E-state index contributed by atoms with van der Waals surface area (Å²) in [5, 5.41) is 0. The van der Waals surface area contributed by atoms with Crippen LogP contribution in [-0.2, 0) is 15.3 Å². The van der Waals surface area contributed by atoms with E-state index >= 15 is 0 Å². The van der Waals surface area contributed by atoms with Gasteiger partial charge in [-0.25, -0.2) is 0 Å². The molecule has 0 aliphatic heterocycles. The zero-order valence-corrected chi connectivity index (χ0v) is 10.5. The fourth-order valence-electron chi connectivity index (χ4n) is 1.40. The van der Waals surface area contributed by atoms with Crippen LogP contribution in [0, 0.1) is 0 Å². The normalized spacial score (nSPS) is 10.9. The van der Waals surface area contributed by atoms with E-state index in [1.807, 2.05) is 19.9 Å². The van der Waals surface area contributed by atoms with Gasteiger partial charge in [0.2, 0.25) is 0 Å². The van der Waals surface area contributed by atoms with Crippen LogP contribution < -0.4 is 0 Å². The van der Waals surface area contributed by atoms with Crippen LogP contribution in [0.1, 0.15) is 19.4 Å². The Morgan fingerprint density at radius 3 is 2.13 bits per heavy atom. The molecule has 0 fully saturated rings. The molecule has 1 rings (SSSR count). The number of benzene rings is 1. The third-order valence-electron chi connectivity index (χ3n) is 2.07. The SMILES string of the molecule is CCO[Si](CCc1ccccc1)OCC. The van der Waals surface area contributed by atoms with E-state index in [4.69, 9.17) is 8.85 Å². The molecule has 0 unspecified atom stereocenters. The molecule has 0 aliphatic rings. The Morgan fingerprint density at radius 1 is 1.00 bits per heavy atom. The summed E-state index contributed by atoms with van der Waals surface area (Å²) < 4.78 is 11.2. The second-order valence-electron chi connectivity index (χ2n) is 3.22. The van der Waals surface area contributed by atoms with Gasteiger partial charge < -0.3 is 8.85 Å². The van der Waals surface area contributed by atoms with Gasteiger partial charge in [0, 0.05) is 13.2 Å². The first kappa shape index (κ1) is 12.4. The third-order valence-corrected chi connectivity index (χ3v) is 3.95. The van der Waals surface area contributed by atoms with Gasteiger partial charge in [0.05, 0.1) is 0 Å². The number of hydrogen-bond acceptors (Lipinski definition) is 2. The Labute approximate surface area is 94.1 Å². The Bertz CT molecular complexity index is 245. The molecule has 15 heavy (non-hydrogen) atoms. The van der Waals surface area contributed by atoms with Crippen LogP contribution in [-0.4, -0.2) is 22.5 Å². The minimum Gasteiger partial charge on any atom is -0.394 e. The highest BCUT2D eigenvalue weighted by Gasteiger charge is 2.13. The van der Waals surface area contributed by atoms with Crippen LogP contribution >= 0.6 is 0 Å². The topological polar surface area (TPSA) is 18.5 Å². The molecule has 3 heteroatoms. The van der Waals surface area contributed by atoms with Gasteiger partial charge in [-0.3, -0.25) is 0 Å². The predicted octanol–water partition coefficient (Wildman–Crippen LogP) is 2.79. The zero-order valence-electron chi connectivity index (χ0n) is 9.53. The molecule has 1 aromatic carbocycles. The second kappa shape index (κ2) is 7.62. The lowest BCUT2D eigenvalue weighted by Gasteiger charge is -2.12. The van der Waals surface area contributed by atoms with Crippen molar-refractivity contribution in [2.24, 2.45) is 0 Å². The zero-order chi connectivity index (χ0) is 10.9. The summed E-state index contributed by atoms with van der Waals surface area (Å²) >= 11 is 0. The van der Waals surface area contributed by atoms with E-state index in [-0.39, 0.29) is 0 Å². The summed E-state index contributed by atoms with van der Waals surface area (Å²) in [4.78, 5) is 0. The lowest BCUT2D eigenvalue weighted by atomic mass is 10.2. The maximum absolute atomic E-state index is 5.58. The molecule has 0 heterocycles. The lowest BCUT2D eigenvalue weighted by Crippen LogP contribution is -2.23. The van der Waals surface area contributed by atoms with E-state index in [0.29, 0.717) is 0 Å². The fourth-order valence-corrected chi connectivity index (χ4v) is 2.91. The Hall–Kier alpha value is -0.643. The van der Waals surface area contributed by atoms with E-state index in [9.17, 15) is 0 Å². The molecule has 1 radical (unpaired) electrons. The van der Waals surface area contributed by atoms with Gasteiger partial charge >= 0.3 is 9.28 Å². The first-order valence-electron chi connectivity index (χ1n) is 5.52. The monoisotopic (exact) mass is 223 g/mol. The summed E-state index contributed by atoms with van der Waals surface area (Å²) in [5.74, 6) is 0. The van der Waals surface area contributed by atoms with Crippen LogP contribution in [0.15, 0.2) is 30.3 Å². The Kier molecular flexibility index (Phi) is 6.32. The molecule has 0 bridgehead atoms. The molecule has 83 valence electrons. The van der Waals surface area contributed by atoms with E-state index in [1.54, 1.807) is 0 Å². The van der Waals surface area contributed by atoms with Gasteiger partial charge in [-0.15, -0.1) is 0 Å². The largest absolute Gasteiger partial charge is 0.394 e. The summed E-state index contributed by atoms with van der Waals surface area (Å²) in [7, 11) is -1.04. The highest BCUT2D eigenvalue weighted by atomic mass is 28.3. The minimum absolute atomic E-state index is 0.753. The third kappa shape index (κ3) is 5.11. The molecule has 0 aromatic heterocycles. The van der Waals surface area contributed by atoms with Crippen LogP contribution in [0.5, 0.6) is 0 Å². The highest BCUT2D eigenvalue weighted by molar-refractivity contribution is 6.44. The standard InChI is InChI=1S/C12H19O2Si/c1-3-13-15(14-4-2)11-10-12-8-6-5-7-9-12/h5-9H,3-4,10-11H2,1-2H3. The average Bonchev–Trinajstić information content (AvgIpc) is 2.28. The predicted molar refractivity (Wildman–Crippen MR) is 64.0 cm³/mol. The van der Waals surface area contributed by atoms with E-state index in [0.717, 1.165) is 25.7 Å². The molecule has 0 spiro atoms. The van der Waals surface area contributed by atoms with Crippen molar-refractivity contribution in [3.8, 4) is 0 Å². The average molecular weight is 223 g/mol. The van der Waals surface area contributed by atoms with Crippen molar-refractivity contribution in [3.05, 3.63) is 35.9 Å². The summed E-state index contributed by atoms with van der Waals surface area (Å²) in [6.07, 6.45) is 1.05. The van der Waals surface area contributed by atoms with Crippen molar-refractivity contribution in [2.45, 2.75) is 26.3 Å². The van der Waals surface area contributed by atoms with Gasteiger partial charge in [0.25, 0.3) is 0 Å². The molecule has 0 saturated heterocycles. The van der Waals surface area contributed by atoms with E-state index in [2.05, 4.69) is 24.3 Å². The van der Waals surface area contributed by atoms with Gasteiger partial charge in [-0.05, 0) is 31.9 Å². The summed E-state index contributed by atoms with van der Waals surface area (Å²) in [6.45, 7) is 5.55. The first-order chi connectivity index (χ1) is 7.36. The fraction of sp³-hybridized carbons (Fsp3) is 0.500. The van der Waals surface area contributed by atoms with Crippen LogP contribution in [0.2, 0.25) is 6.04 Å². The maximum atomic E-state index is 5.58. The van der Waals surface area contributed by atoms with E-state index in [1.165, 1.54) is 5.56 Å². The molecular formula is C12H19O2Si. The lowest BCUT2D eigenvalue weighted by molar-refractivity contribution is 0.213. The van der Waals surface area contributed by atoms with Crippen molar-refractivity contribution in [2.75, 3.05) is 13.2 Å². The maximum Gasteiger partial charge on any atom is 0.384 e. The van der Waals surface area contributed by atoms with Gasteiger partial charge in [-0.2, -0.15) is 0 Å². The minimum atomic E-state index is -1.04. The van der Waals surface area contributed by atoms with Crippen molar-refractivity contribution < 1.29 is 8.85 Å². The van der Waals surface area contributed by atoms with Gasteiger partial charge in [-0.1, -0.05) is 30.3 Å². The molecule has 0 N–H and O–H groups in total. The van der Waals surface area contributed by atoms with Crippen LogP contribution in [0.3, 0.4) is 0 Å². The number of hydrogen-bond donors (Lipinski definition) is 0. The van der Waals surface area contributed by atoms with Crippen molar-refractivity contribution in [3.63, 3.8) is 0 Å². The summed E-state index contributed by atoms with van der Waals surface area (Å²) in [5.41, 5.74) is 1.36. The Balaban J connectivity index is 2.33. The molecule has 0 atom stereocenters. The van der Waals surface area contributed by atoms with Gasteiger partial charge in [0.15, 0.2) is 0 Å². The molecule has 0 aliphatic carbocycles. The second-order valence-corrected chi connectivity index (χ2v) is 5.04. The highest BCUT2D eigenvalue weighted by Crippen LogP contribution is 2.07. The molecule has 0 amide bonds. The van der Waals surface area contributed by atoms with Crippen molar-refractivity contribution in [1.29, 1.82) is 0 Å². The van der Waals surface area contributed by atoms with Crippen LogP contribution in [0.25, 0.3) is 0 Å². The molecular weight excluding hydrogens is 204 g/mol. The quantitative estimate of drug-likeness (QED) is 0.662. The molecule has 1 aromatic rings. The Morgan fingerprint density at radius 2 is 1.60 bits per heavy atom. The van der Waals surface area contributed by atoms with Gasteiger partial charge in [0.1, 0.15) is 0 Å². The van der Waals surface area contributed by atoms with Crippen molar-refractivity contribution in [1.82, 2.24) is 0 Å². The number of rotatable bonds is 7. The summed E-state index contributed by atoms with van der Waals surface area (Å²) in [6, 6.07) is 11.5. The first-order valence-corrected chi connectivity index (χ1v) is 7.04. The van der Waals surface area contributed by atoms with Crippen molar-refractivity contribution >= 4 is 9.28 Å². The molecule has 2 nitrogen and oxygen atoms in total. The smallest absolute Gasteiger partial charge is 0.384 e. The molecule has 0 saturated carbocycles. The number of aryl methyl sites for hydroxylation is 1. The van der Waals surface area contributed by atoms with Crippen LogP contribution in [0.4, 0.5) is 0 Å². The van der Waals surface area contributed by atoms with E-state index < -0.39 is 9.28 Å².